The molecule has 2 unspecified atom stereocenters. The van der Waals surface area contributed by atoms with Crippen LogP contribution in [0.5, 0.6) is 5.75 Å². The minimum Gasteiger partial charge on any atom is -0.469 e. The molecule has 118 valence electrons. The van der Waals surface area contributed by atoms with Crippen LogP contribution < -0.4 is 4.74 Å². The first-order chi connectivity index (χ1) is 10.1. The summed E-state index contributed by atoms with van der Waals surface area (Å²) in [6.07, 6.45) is -1.28. The molecule has 5 heteroatoms. The highest BCUT2D eigenvalue weighted by Crippen LogP contribution is 2.54. The van der Waals surface area contributed by atoms with Crippen LogP contribution in [-0.2, 0) is 9.53 Å². The molecule has 5 nitrogen and oxygen atoms in total. The molecule has 0 aliphatic carbocycles. The maximum absolute atomic E-state index is 12.7. The van der Waals surface area contributed by atoms with E-state index in [4.69, 9.17) is 9.47 Å². The first-order valence-electron chi connectivity index (χ1n) is 7.45. The van der Waals surface area contributed by atoms with E-state index in [9.17, 15) is 9.59 Å². The summed E-state index contributed by atoms with van der Waals surface area (Å²) < 4.78 is 11.3. The van der Waals surface area contributed by atoms with Gasteiger partial charge in [0.1, 0.15) is 11.4 Å². The van der Waals surface area contributed by atoms with Crippen molar-refractivity contribution in [2.45, 2.75) is 52.4 Å². The van der Waals surface area contributed by atoms with Gasteiger partial charge in [0, 0.05) is 5.56 Å². The molecule has 1 saturated heterocycles. The Morgan fingerprint density at radius 2 is 1.91 bits per heavy atom. The van der Waals surface area contributed by atoms with Gasteiger partial charge in [-0.15, -0.1) is 0 Å². The Balaban J connectivity index is 1.99. The highest BCUT2D eigenvalue weighted by molar-refractivity contribution is 5.99. The molecule has 1 fully saturated rings. The largest absolute Gasteiger partial charge is 0.469 e. The van der Waals surface area contributed by atoms with E-state index in [0.717, 1.165) is 16.2 Å². The quantitative estimate of drug-likeness (QED) is 0.738. The number of para-hydroxylation sites is 1. The molecule has 2 aliphatic heterocycles. The van der Waals surface area contributed by atoms with Crippen LogP contribution in [0.4, 0.5) is 4.79 Å². The fraction of sp³-hybridized carbons (Fsp3) is 0.529. The van der Waals surface area contributed by atoms with Crippen LogP contribution in [0.2, 0.25) is 0 Å². The summed E-state index contributed by atoms with van der Waals surface area (Å²) in [4.78, 5) is 26.3. The SMILES string of the molecule is CC(C)(C)OC(=O)N1C(=O)C(C)(C)C2c3ccccc3OC21. The average Bonchev–Trinajstić information content (AvgIpc) is 2.83. The number of amides is 2. The van der Waals surface area contributed by atoms with E-state index < -0.39 is 23.3 Å². The van der Waals surface area contributed by atoms with E-state index in [1.165, 1.54) is 0 Å². The first-order valence-corrected chi connectivity index (χ1v) is 7.45. The number of likely N-dealkylation sites (tertiary alicyclic amines) is 1. The molecule has 2 amide bonds. The monoisotopic (exact) mass is 303 g/mol. The topological polar surface area (TPSA) is 55.8 Å². The highest BCUT2D eigenvalue weighted by atomic mass is 16.6. The van der Waals surface area contributed by atoms with E-state index >= 15 is 0 Å². The Hall–Kier alpha value is -2.04. The third-order valence-electron chi connectivity index (χ3n) is 4.18. The van der Waals surface area contributed by atoms with Crippen molar-refractivity contribution in [2.75, 3.05) is 0 Å². The zero-order chi connectivity index (χ0) is 16.3. The Morgan fingerprint density at radius 1 is 1.27 bits per heavy atom. The molecular weight excluding hydrogens is 282 g/mol. The Morgan fingerprint density at radius 3 is 2.55 bits per heavy atom. The standard InChI is InChI=1S/C17H21NO4/c1-16(2,3)22-15(20)18-13-12(17(4,5)14(18)19)10-8-6-7-9-11(10)21-13/h6-9,12-13H,1-5H3. The molecule has 0 spiro atoms. The number of nitrogens with zero attached hydrogens (tertiary/aromatic N) is 1. The predicted octanol–water partition coefficient (Wildman–Crippen LogP) is 3.29. The van der Waals surface area contributed by atoms with Crippen molar-refractivity contribution in [1.82, 2.24) is 4.90 Å². The van der Waals surface area contributed by atoms with Crippen LogP contribution in [0.3, 0.4) is 0 Å². The van der Waals surface area contributed by atoms with Crippen LogP contribution in [0.1, 0.15) is 46.1 Å². The zero-order valence-corrected chi connectivity index (χ0v) is 13.5. The van der Waals surface area contributed by atoms with Gasteiger partial charge in [0.2, 0.25) is 5.91 Å². The third-order valence-corrected chi connectivity index (χ3v) is 4.18. The van der Waals surface area contributed by atoms with Crippen molar-refractivity contribution in [3.05, 3.63) is 29.8 Å². The lowest BCUT2D eigenvalue weighted by Gasteiger charge is -2.26. The van der Waals surface area contributed by atoms with Gasteiger partial charge in [-0.05, 0) is 26.8 Å². The maximum Gasteiger partial charge on any atom is 0.420 e. The van der Waals surface area contributed by atoms with Gasteiger partial charge in [0.05, 0.1) is 11.3 Å². The summed E-state index contributed by atoms with van der Waals surface area (Å²) in [6, 6.07) is 7.61. The van der Waals surface area contributed by atoms with Crippen molar-refractivity contribution >= 4 is 12.0 Å². The molecule has 0 N–H and O–H groups in total. The van der Waals surface area contributed by atoms with Gasteiger partial charge < -0.3 is 9.47 Å². The number of fused-ring (bicyclic) bond motifs is 3. The van der Waals surface area contributed by atoms with Crippen molar-refractivity contribution < 1.29 is 19.1 Å². The molecule has 3 rings (SSSR count). The van der Waals surface area contributed by atoms with Gasteiger partial charge in [-0.25, -0.2) is 9.69 Å². The number of hydrogen-bond acceptors (Lipinski definition) is 4. The highest BCUT2D eigenvalue weighted by Gasteiger charge is 2.61. The Labute approximate surface area is 130 Å². The van der Waals surface area contributed by atoms with E-state index in [1.54, 1.807) is 20.8 Å². The fourth-order valence-electron chi connectivity index (χ4n) is 3.20. The summed E-state index contributed by atoms with van der Waals surface area (Å²) in [5, 5.41) is 0. The molecule has 0 radical (unpaired) electrons. The molecule has 2 heterocycles. The van der Waals surface area contributed by atoms with Gasteiger partial charge in [-0.2, -0.15) is 0 Å². The first kappa shape index (κ1) is 14.9. The van der Waals surface area contributed by atoms with E-state index in [1.807, 2.05) is 38.1 Å². The van der Waals surface area contributed by atoms with Gasteiger partial charge in [0.25, 0.3) is 0 Å². The lowest BCUT2D eigenvalue weighted by atomic mass is 9.77. The number of ether oxygens (including phenoxy) is 2. The summed E-state index contributed by atoms with van der Waals surface area (Å²) in [6.45, 7) is 9.03. The second-order valence-corrected chi connectivity index (χ2v) is 7.40. The molecule has 2 atom stereocenters. The predicted molar refractivity (Wildman–Crippen MR) is 80.5 cm³/mol. The fourth-order valence-corrected chi connectivity index (χ4v) is 3.20. The van der Waals surface area contributed by atoms with Gasteiger partial charge in [0.15, 0.2) is 6.23 Å². The van der Waals surface area contributed by atoms with Crippen molar-refractivity contribution in [2.24, 2.45) is 5.41 Å². The van der Waals surface area contributed by atoms with Crippen molar-refractivity contribution in [3.63, 3.8) is 0 Å². The van der Waals surface area contributed by atoms with E-state index in [-0.39, 0.29) is 11.8 Å². The lowest BCUT2D eigenvalue weighted by molar-refractivity contribution is -0.136. The van der Waals surface area contributed by atoms with E-state index in [2.05, 4.69) is 0 Å². The number of rotatable bonds is 0. The number of carbonyl (C=O) groups excluding carboxylic acids is 2. The van der Waals surface area contributed by atoms with Crippen LogP contribution in [0, 0.1) is 5.41 Å². The molecule has 0 aromatic heterocycles. The van der Waals surface area contributed by atoms with Crippen molar-refractivity contribution in [3.8, 4) is 5.75 Å². The van der Waals surface area contributed by atoms with Crippen LogP contribution in [0.15, 0.2) is 24.3 Å². The summed E-state index contributed by atoms with van der Waals surface area (Å²) in [7, 11) is 0. The van der Waals surface area contributed by atoms with E-state index in [0.29, 0.717) is 0 Å². The van der Waals surface area contributed by atoms with Crippen LogP contribution >= 0.6 is 0 Å². The average molecular weight is 303 g/mol. The zero-order valence-electron chi connectivity index (χ0n) is 13.5. The Bertz CT molecular complexity index is 644. The van der Waals surface area contributed by atoms with Gasteiger partial charge in [-0.3, -0.25) is 4.79 Å². The molecular formula is C17H21NO4. The van der Waals surface area contributed by atoms with Crippen LogP contribution in [0.25, 0.3) is 0 Å². The number of benzene rings is 1. The molecule has 0 saturated carbocycles. The molecule has 1 aromatic carbocycles. The number of imide groups is 1. The summed E-state index contributed by atoms with van der Waals surface area (Å²) in [5.41, 5.74) is -0.406. The normalized spacial score (nSPS) is 25.5. The smallest absolute Gasteiger partial charge is 0.420 e. The lowest BCUT2D eigenvalue weighted by Crippen LogP contribution is -2.45. The number of hydrogen-bond donors (Lipinski definition) is 0. The van der Waals surface area contributed by atoms with Gasteiger partial charge >= 0.3 is 6.09 Å². The molecule has 2 aliphatic rings. The number of carbonyl (C=O) groups is 2. The second kappa shape index (κ2) is 4.48. The minimum absolute atomic E-state index is 0.177. The third kappa shape index (κ3) is 2.07. The Kier molecular flexibility index (Phi) is 3.03. The minimum atomic E-state index is -0.714. The van der Waals surface area contributed by atoms with Gasteiger partial charge in [-0.1, -0.05) is 32.0 Å². The second-order valence-electron chi connectivity index (χ2n) is 7.40. The molecule has 22 heavy (non-hydrogen) atoms. The van der Waals surface area contributed by atoms with Crippen molar-refractivity contribution in [1.29, 1.82) is 0 Å². The summed E-state index contributed by atoms with van der Waals surface area (Å²) in [5.74, 6) is 0.293. The summed E-state index contributed by atoms with van der Waals surface area (Å²) >= 11 is 0. The van der Waals surface area contributed by atoms with Crippen LogP contribution in [-0.4, -0.2) is 28.7 Å². The maximum atomic E-state index is 12.7. The molecule has 0 bridgehead atoms. The molecule has 1 aromatic rings.